The van der Waals surface area contributed by atoms with Crippen molar-refractivity contribution in [3.63, 3.8) is 0 Å². The number of aliphatic hydroxyl groups excluding tert-OH is 1. The molecular weight excluding hydrogens is 372 g/mol. The highest BCUT2D eigenvalue weighted by Crippen LogP contribution is 2.29. The third kappa shape index (κ3) is 6.17. The number of aliphatic hydroxyl groups is 1. The number of ether oxygens (including phenoxy) is 4. The zero-order chi connectivity index (χ0) is 21.2. The van der Waals surface area contributed by atoms with Crippen molar-refractivity contribution in [1.29, 1.82) is 0 Å². The van der Waals surface area contributed by atoms with Crippen LogP contribution in [-0.4, -0.2) is 39.3 Å². The highest BCUT2D eigenvalue weighted by atomic mass is 16.5. The molecule has 0 saturated carbocycles. The quantitative estimate of drug-likeness (QED) is 0.383. The van der Waals surface area contributed by atoms with Gasteiger partial charge in [0, 0.05) is 6.08 Å². The number of methoxy groups -OCH3 is 4. The largest absolute Gasteiger partial charge is 0.508 e. The number of carbonyl (C=O) groups is 1. The van der Waals surface area contributed by atoms with Crippen LogP contribution in [0.15, 0.2) is 60.4 Å². The smallest absolute Gasteiger partial charge is 0.182 e. The van der Waals surface area contributed by atoms with Crippen molar-refractivity contribution >= 4 is 17.9 Å². The van der Waals surface area contributed by atoms with E-state index in [1.54, 1.807) is 70.9 Å². The molecule has 0 aliphatic carbocycles. The third-order valence-electron chi connectivity index (χ3n) is 3.99. The van der Waals surface area contributed by atoms with Crippen LogP contribution in [0.25, 0.3) is 12.2 Å². The predicted molar refractivity (Wildman–Crippen MR) is 113 cm³/mol. The number of hydrogen-bond acceptors (Lipinski definition) is 6. The molecule has 0 saturated heterocycles. The lowest BCUT2D eigenvalue weighted by Gasteiger charge is -2.07. The summed E-state index contributed by atoms with van der Waals surface area (Å²) in [4.78, 5) is 12.1. The van der Waals surface area contributed by atoms with E-state index in [0.29, 0.717) is 23.0 Å². The van der Waals surface area contributed by atoms with Gasteiger partial charge in [-0.2, -0.15) is 0 Å². The lowest BCUT2D eigenvalue weighted by Crippen LogP contribution is -1.91. The van der Waals surface area contributed by atoms with E-state index in [4.69, 9.17) is 18.9 Å². The molecule has 0 aliphatic heterocycles. The predicted octanol–water partition coefficient (Wildman–Crippen LogP) is 4.46. The maximum atomic E-state index is 12.1. The van der Waals surface area contributed by atoms with Crippen molar-refractivity contribution in [2.75, 3.05) is 28.4 Å². The van der Waals surface area contributed by atoms with Gasteiger partial charge in [-0.1, -0.05) is 24.3 Å². The molecule has 0 aliphatic rings. The van der Waals surface area contributed by atoms with Crippen LogP contribution in [0.5, 0.6) is 23.0 Å². The first-order valence-corrected chi connectivity index (χ1v) is 8.75. The molecule has 0 aromatic heterocycles. The fourth-order valence-electron chi connectivity index (χ4n) is 2.51. The Balaban J connectivity index is 2.06. The van der Waals surface area contributed by atoms with Crippen LogP contribution in [0, 0.1) is 0 Å². The Labute approximate surface area is 170 Å². The zero-order valence-corrected chi connectivity index (χ0v) is 16.8. The van der Waals surface area contributed by atoms with Crippen molar-refractivity contribution in [2.24, 2.45) is 0 Å². The average molecular weight is 396 g/mol. The van der Waals surface area contributed by atoms with E-state index in [2.05, 4.69) is 0 Å². The first-order valence-electron chi connectivity index (χ1n) is 8.75. The summed E-state index contributed by atoms with van der Waals surface area (Å²) in [5, 5.41) is 9.98. The van der Waals surface area contributed by atoms with Gasteiger partial charge in [-0.3, -0.25) is 4.79 Å². The number of hydrogen-bond donors (Lipinski definition) is 1. The van der Waals surface area contributed by atoms with E-state index >= 15 is 0 Å². The Morgan fingerprint density at radius 3 is 1.62 bits per heavy atom. The second-order valence-electron chi connectivity index (χ2n) is 5.87. The van der Waals surface area contributed by atoms with Gasteiger partial charge >= 0.3 is 0 Å². The van der Waals surface area contributed by atoms with Crippen LogP contribution < -0.4 is 18.9 Å². The Morgan fingerprint density at radius 2 is 1.17 bits per heavy atom. The summed E-state index contributed by atoms with van der Waals surface area (Å²) in [7, 11) is 6.21. The molecule has 0 fully saturated rings. The van der Waals surface area contributed by atoms with Crippen molar-refractivity contribution in [1.82, 2.24) is 0 Å². The number of rotatable bonds is 9. The highest BCUT2D eigenvalue weighted by molar-refractivity contribution is 6.02. The molecule has 6 heteroatoms. The Hall–Kier alpha value is -3.67. The zero-order valence-electron chi connectivity index (χ0n) is 16.8. The summed E-state index contributed by atoms with van der Waals surface area (Å²) < 4.78 is 20.8. The minimum absolute atomic E-state index is 0.165. The standard InChI is InChI=1S/C23H24O6/c1-26-20-11-7-16(13-22(20)28-3)5-9-18(24)15-19(25)10-6-17-8-12-21(27-2)23(14-17)29-4/h5-15,24H,1-4H3/b9-5+,10-6+,18-15+. The summed E-state index contributed by atoms with van der Waals surface area (Å²) >= 11 is 0. The fraction of sp³-hybridized carbons (Fsp3) is 0.174. The molecule has 152 valence electrons. The molecule has 0 spiro atoms. The minimum Gasteiger partial charge on any atom is -0.508 e. The maximum absolute atomic E-state index is 12.1. The third-order valence-corrected chi connectivity index (χ3v) is 3.99. The molecule has 0 heterocycles. The van der Waals surface area contributed by atoms with Gasteiger partial charge in [-0.05, 0) is 47.5 Å². The van der Waals surface area contributed by atoms with Crippen molar-refractivity contribution < 1.29 is 28.8 Å². The van der Waals surface area contributed by atoms with Gasteiger partial charge in [0.15, 0.2) is 28.8 Å². The molecule has 6 nitrogen and oxygen atoms in total. The van der Waals surface area contributed by atoms with Gasteiger partial charge in [0.25, 0.3) is 0 Å². The number of benzene rings is 2. The lowest BCUT2D eigenvalue weighted by molar-refractivity contribution is -0.110. The van der Waals surface area contributed by atoms with Crippen LogP contribution in [0.2, 0.25) is 0 Å². The molecule has 2 aromatic rings. The van der Waals surface area contributed by atoms with Gasteiger partial charge in [0.1, 0.15) is 5.76 Å². The normalized spacial score (nSPS) is 11.7. The Bertz CT molecular complexity index is 940. The van der Waals surface area contributed by atoms with E-state index < -0.39 is 0 Å². The molecule has 0 unspecified atom stereocenters. The van der Waals surface area contributed by atoms with Crippen molar-refractivity contribution in [3.8, 4) is 23.0 Å². The lowest BCUT2D eigenvalue weighted by atomic mass is 10.1. The number of allylic oxidation sites excluding steroid dienone is 3. The van der Waals surface area contributed by atoms with Crippen molar-refractivity contribution in [2.45, 2.75) is 0 Å². The SMILES string of the molecule is COc1ccc(/C=C/C(=O)/C=C(O)\C=C\c2ccc(OC)c(OC)c2)cc1OC. The monoisotopic (exact) mass is 396 g/mol. The molecule has 0 amide bonds. The average Bonchev–Trinajstić information content (AvgIpc) is 2.75. The molecule has 2 rings (SSSR count). The van der Waals surface area contributed by atoms with Crippen LogP contribution >= 0.6 is 0 Å². The van der Waals surface area contributed by atoms with E-state index in [-0.39, 0.29) is 11.5 Å². The van der Waals surface area contributed by atoms with Crippen LogP contribution in [0.3, 0.4) is 0 Å². The van der Waals surface area contributed by atoms with Gasteiger partial charge in [0.05, 0.1) is 28.4 Å². The van der Waals surface area contributed by atoms with Crippen LogP contribution in [0.1, 0.15) is 11.1 Å². The van der Waals surface area contributed by atoms with E-state index in [0.717, 1.165) is 17.2 Å². The molecule has 0 bridgehead atoms. The summed E-state index contributed by atoms with van der Waals surface area (Å²) in [6, 6.07) is 10.6. The van der Waals surface area contributed by atoms with Crippen molar-refractivity contribution in [3.05, 3.63) is 71.5 Å². The minimum atomic E-state index is -0.353. The van der Waals surface area contributed by atoms with Gasteiger partial charge in [-0.15, -0.1) is 0 Å². The molecular formula is C23H24O6. The molecule has 0 atom stereocenters. The van der Waals surface area contributed by atoms with Crippen LogP contribution in [-0.2, 0) is 4.79 Å². The summed E-state index contributed by atoms with van der Waals surface area (Å²) in [5.74, 6) is 1.84. The van der Waals surface area contributed by atoms with Gasteiger partial charge in [-0.25, -0.2) is 0 Å². The maximum Gasteiger partial charge on any atom is 0.182 e. The van der Waals surface area contributed by atoms with Gasteiger partial charge < -0.3 is 24.1 Å². The summed E-state index contributed by atoms with van der Waals surface area (Å²) in [5.41, 5.74) is 1.56. The first kappa shape index (κ1) is 21.6. The van der Waals surface area contributed by atoms with E-state index in [1.165, 1.54) is 12.2 Å². The first-order chi connectivity index (χ1) is 14.0. The second kappa shape index (κ2) is 10.6. The molecule has 29 heavy (non-hydrogen) atoms. The fourth-order valence-corrected chi connectivity index (χ4v) is 2.51. The molecule has 2 aromatic carbocycles. The highest BCUT2D eigenvalue weighted by Gasteiger charge is 2.04. The van der Waals surface area contributed by atoms with E-state index in [9.17, 15) is 9.90 Å². The Kier molecular flexibility index (Phi) is 7.91. The summed E-state index contributed by atoms with van der Waals surface area (Å²) in [6.45, 7) is 0. The number of ketones is 1. The molecule has 1 N–H and O–H groups in total. The number of carbonyl (C=O) groups excluding carboxylic acids is 1. The second-order valence-corrected chi connectivity index (χ2v) is 5.87. The van der Waals surface area contributed by atoms with Gasteiger partial charge in [0.2, 0.25) is 0 Å². The van der Waals surface area contributed by atoms with E-state index in [1.807, 2.05) is 6.07 Å². The topological polar surface area (TPSA) is 74.2 Å². The summed E-state index contributed by atoms with van der Waals surface area (Å²) in [6.07, 6.45) is 7.23. The van der Waals surface area contributed by atoms with Crippen LogP contribution in [0.4, 0.5) is 0 Å². The molecule has 0 radical (unpaired) electrons. The Morgan fingerprint density at radius 1 is 0.724 bits per heavy atom.